The Morgan fingerprint density at radius 2 is 1.57 bits per heavy atom. The maximum Gasteiger partial charge on any atom is 0.347 e. The minimum Gasteiger partial charge on any atom is -0.478 e. The molecule has 0 aliphatic rings. The third-order valence-corrected chi connectivity index (χ3v) is 3.14. The SMILES string of the molecule is CCCCOC(=O)CC(Oc1ccccc1)C(=O)OCCCC. The van der Waals surface area contributed by atoms with Crippen LogP contribution in [0, 0.1) is 0 Å². The van der Waals surface area contributed by atoms with Gasteiger partial charge in [-0.1, -0.05) is 44.9 Å². The van der Waals surface area contributed by atoms with Gasteiger partial charge in [0.25, 0.3) is 0 Å². The molecule has 0 saturated heterocycles. The Morgan fingerprint density at radius 3 is 2.17 bits per heavy atom. The average Bonchev–Trinajstić information content (AvgIpc) is 2.55. The number of carbonyl (C=O) groups excluding carboxylic acids is 2. The van der Waals surface area contributed by atoms with Crippen molar-refractivity contribution in [2.75, 3.05) is 13.2 Å². The zero-order valence-corrected chi connectivity index (χ0v) is 14.0. The highest BCUT2D eigenvalue weighted by Crippen LogP contribution is 2.14. The van der Waals surface area contributed by atoms with E-state index < -0.39 is 18.0 Å². The van der Waals surface area contributed by atoms with Crippen LogP contribution in [-0.2, 0) is 19.1 Å². The van der Waals surface area contributed by atoms with Crippen LogP contribution in [-0.4, -0.2) is 31.3 Å². The number of para-hydroxylation sites is 1. The summed E-state index contributed by atoms with van der Waals surface area (Å²) in [5, 5.41) is 0. The van der Waals surface area contributed by atoms with Crippen molar-refractivity contribution in [3.8, 4) is 5.75 Å². The summed E-state index contributed by atoms with van der Waals surface area (Å²) in [6.07, 6.45) is 2.32. The minimum atomic E-state index is -0.983. The molecular weight excluding hydrogens is 296 g/mol. The lowest BCUT2D eigenvalue weighted by Gasteiger charge is -2.17. The van der Waals surface area contributed by atoms with Crippen LogP contribution in [0.4, 0.5) is 0 Å². The smallest absolute Gasteiger partial charge is 0.347 e. The minimum absolute atomic E-state index is 0.149. The first kappa shape index (κ1) is 19.0. The number of hydrogen-bond acceptors (Lipinski definition) is 5. The molecule has 0 aliphatic heterocycles. The molecule has 0 N–H and O–H groups in total. The average molecular weight is 322 g/mol. The lowest BCUT2D eigenvalue weighted by molar-refractivity contribution is -0.158. The van der Waals surface area contributed by atoms with E-state index in [2.05, 4.69) is 0 Å². The Bertz CT molecular complexity index is 458. The number of benzene rings is 1. The van der Waals surface area contributed by atoms with Gasteiger partial charge >= 0.3 is 11.9 Å². The number of ether oxygens (including phenoxy) is 3. The summed E-state index contributed by atoms with van der Waals surface area (Å²) in [4.78, 5) is 24.0. The molecule has 1 unspecified atom stereocenters. The molecular formula is C18H26O5. The monoisotopic (exact) mass is 322 g/mol. The van der Waals surface area contributed by atoms with E-state index in [0.29, 0.717) is 19.0 Å². The van der Waals surface area contributed by atoms with Gasteiger partial charge in [-0.3, -0.25) is 4.79 Å². The first-order valence-corrected chi connectivity index (χ1v) is 8.21. The van der Waals surface area contributed by atoms with Crippen molar-refractivity contribution in [1.29, 1.82) is 0 Å². The Labute approximate surface area is 137 Å². The molecule has 0 aliphatic carbocycles. The Hall–Kier alpha value is -2.04. The fourth-order valence-electron chi connectivity index (χ4n) is 1.79. The molecule has 0 fully saturated rings. The molecule has 0 amide bonds. The summed E-state index contributed by atoms with van der Waals surface area (Å²) in [6.45, 7) is 4.71. The van der Waals surface area contributed by atoms with E-state index in [1.165, 1.54) is 0 Å². The summed E-state index contributed by atoms with van der Waals surface area (Å²) in [5.74, 6) is -0.465. The Morgan fingerprint density at radius 1 is 0.957 bits per heavy atom. The predicted molar refractivity (Wildman–Crippen MR) is 87.2 cm³/mol. The third kappa shape index (κ3) is 8.24. The van der Waals surface area contributed by atoms with Gasteiger partial charge in [-0.05, 0) is 25.0 Å². The van der Waals surface area contributed by atoms with Crippen LogP contribution in [0.3, 0.4) is 0 Å². The lowest BCUT2D eigenvalue weighted by atomic mass is 10.2. The summed E-state index contributed by atoms with van der Waals surface area (Å²) < 4.78 is 15.9. The van der Waals surface area contributed by atoms with Gasteiger partial charge in [0.05, 0.1) is 19.6 Å². The quantitative estimate of drug-likeness (QED) is 0.461. The van der Waals surface area contributed by atoms with Crippen LogP contribution < -0.4 is 4.74 Å². The van der Waals surface area contributed by atoms with Crippen LogP contribution in [0.1, 0.15) is 46.0 Å². The highest BCUT2D eigenvalue weighted by atomic mass is 16.6. The zero-order chi connectivity index (χ0) is 16.9. The molecule has 1 atom stereocenters. The summed E-state index contributed by atoms with van der Waals surface area (Å²) in [6, 6.07) is 8.91. The van der Waals surface area contributed by atoms with Gasteiger partial charge in [0.15, 0.2) is 0 Å². The molecule has 0 spiro atoms. The molecule has 5 heteroatoms. The van der Waals surface area contributed by atoms with Crippen molar-refractivity contribution in [1.82, 2.24) is 0 Å². The second-order valence-electron chi connectivity index (χ2n) is 5.22. The maximum atomic E-state index is 12.1. The van der Waals surface area contributed by atoms with E-state index in [0.717, 1.165) is 25.7 Å². The first-order chi connectivity index (χ1) is 11.2. The van der Waals surface area contributed by atoms with Gasteiger partial charge in [-0.15, -0.1) is 0 Å². The van der Waals surface area contributed by atoms with Crippen LogP contribution in [0.2, 0.25) is 0 Å². The van der Waals surface area contributed by atoms with Crippen molar-refractivity contribution in [3.63, 3.8) is 0 Å². The van der Waals surface area contributed by atoms with Gasteiger partial charge in [0.2, 0.25) is 6.10 Å². The van der Waals surface area contributed by atoms with Crippen molar-refractivity contribution in [3.05, 3.63) is 30.3 Å². The predicted octanol–water partition coefficient (Wildman–Crippen LogP) is 3.51. The van der Waals surface area contributed by atoms with E-state index in [1.807, 2.05) is 19.9 Å². The third-order valence-electron chi connectivity index (χ3n) is 3.14. The molecule has 128 valence electrons. The molecule has 0 bridgehead atoms. The number of rotatable bonds is 11. The summed E-state index contributed by atoms with van der Waals surface area (Å²) in [7, 11) is 0. The summed E-state index contributed by atoms with van der Waals surface area (Å²) >= 11 is 0. The van der Waals surface area contributed by atoms with Crippen LogP contribution in [0.15, 0.2) is 30.3 Å². The van der Waals surface area contributed by atoms with Gasteiger partial charge in [0.1, 0.15) is 5.75 Å². The normalized spacial score (nSPS) is 11.6. The van der Waals surface area contributed by atoms with E-state index in [9.17, 15) is 9.59 Å². The van der Waals surface area contributed by atoms with Crippen molar-refractivity contribution >= 4 is 11.9 Å². The van der Waals surface area contributed by atoms with E-state index in [1.54, 1.807) is 24.3 Å². The maximum absolute atomic E-state index is 12.1. The molecule has 0 radical (unpaired) electrons. The van der Waals surface area contributed by atoms with Gasteiger partial charge in [-0.2, -0.15) is 0 Å². The molecule has 0 saturated carbocycles. The van der Waals surface area contributed by atoms with Crippen molar-refractivity contribution < 1.29 is 23.8 Å². The van der Waals surface area contributed by atoms with Crippen molar-refractivity contribution in [2.45, 2.75) is 52.1 Å². The molecule has 1 rings (SSSR count). The lowest BCUT2D eigenvalue weighted by Crippen LogP contribution is -2.32. The Balaban J connectivity index is 2.60. The standard InChI is InChI=1S/C18H26O5/c1-3-5-12-21-17(19)14-16(18(20)22-13-6-4-2)23-15-10-8-7-9-11-15/h7-11,16H,3-6,12-14H2,1-2H3. The fourth-order valence-corrected chi connectivity index (χ4v) is 1.79. The molecule has 23 heavy (non-hydrogen) atoms. The second kappa shape index (κ2) is 11.5. The number of carbonyl (C=O) groups is 2. The number of unbranched alkanes of at least 4 members (excludes halogenated alkanes) is 2. The highest BCUT2D eigenvalue weighted by Gasteiger charge is 2.26. The molecule has 1 aromatic carbocycles. The van der Waals surface area contributed by atoms with Gasteiger partial charge in [-0.25, -0.2) is 4.79 Å². The van der Waals surface area contributed by atoms with E-state index in [4.69, 9.17) is 14.2 Å². The topological polar surface area (TPSA) is 61.8 Å². The molecule has 5 nitrogen and oxygen atoms in total. The van der Waals surface area contributed by atoms with Crippen LogP contribution in [0.5, 0.6) is 5.75 Å². The van der Waals surface area contributed by atoms with Crippen molar-refractivity contribution in [2.24, 2.45) is 0 Å². The van der Waals surface area contributed by atoms with Crippen LogP contribution >= 0.6 is 0 Å². The first-order valence-electron chi connectivity index (χ1n) is 8.21. The summed E-state index contributed by atoms with van der Waals surface area (Å²) in [5.41, 5.74) is 0. The Kier molecular flexibility index (Phi) is 9.52. The number of esters is 2. The van der Waals surface area contributed by atoms with Crippen LogP contribution in [0.25, 0.3) is 0 Å². The second-order valence-corrected chi connectivity index (χ2v) is 5.22. The molecule has 0 aromatic heterocycles. The highest BCUT2D eigenvalue weighted by molar-refractivity contribution is 5.82. The number of hydrogen-bond donors (Lipinski definition) is 0. The van der Waals surface area contributed by atoms with Gasteiger partial charge < -0.3 is 14.2 Å². The van der Waals surface area contributed by atoms with Gasteiger partial charge in [0, 0.05) is 0 Å². The molecule has 1 aromatic rings. The van der Waals surface area contributed by atoms with E-state index >= 15 is 0 Å². The largest absolute Gasteiger partial charge is 0.478 e. The molecule has 0 heterocycles. The van der Waals surface area contributed by atoms with E-state index in [-0.39, 0.29) is 6.42 Å². The zero-order valence-electron chi connectivity index (χ0n) is 14.0. The fraction of sp³-hybridized carbons (Fsp3) is 0.556.